The van der Waals surface area contributed by atoms with Crippen molar-refractivity contribution in [1.82, 2.24) is 0 Å². The first-order valence-electron chi connectivity index (χ1n) is 21.5. The summed E-state index contributed by atoms with van der Waals surface area (Å²) in [6.07, 6.45) is 0. The van der Waals surface area contributed by atoms with Gasteiger partial charge in [0.2, 0.25) is 0 Å². The summed E-state index contributed by atoms with van der Waals surface area (Å²) in [5.41, 5.74) is 9.88. The van der Waals surface area contributed by atoms with E-state index in [2.05, 4.69) is 216 Å². The molecule has 0 N–H and O–H groups in total. The lowest BCUT2D eigenvalue weighted by atomic mass is 9.99. The first-order chi connectivity index (χ1) is 31.7. The Hall–Kier alpha value is -7.90. The summed E-state index contributed by atoms with van der Waals surface area (Å²) in [6.45, 7) is 0. The van der Waals surface area contributed by atoms with Crippen LogP contribution in [0.3, 0.4) is 0 Å². The normalized spacial score (nSPS) is 12.1. The molecule has 0 amide bonds. The molecule has 4 aromatic heterocycles. The highest BCUT2D eigenvalue weighted by molar-refractivity contribution is 7.26. The molecule has 0 bridgehead atoms. The van der Waals surface area contributed by atoms with E-state index in [4.69, 9.17) is 8.83 Å². The second kappa shape index (κ2) is 13.8. The van der Waals surface area contributed by atoms with Crippen LogP contribution < -0.4 is 9.80 Å². The summed E-state index contributed by atoms with van der Waals surface area (Å²) >= 11 is 3.68. The van der Waals surface area contributed by atoms with E-state index >= 15 is 0 Å². The van der Waals surface area contributed by atoms with Gasteiger partial charge in [-0.1, -0.05) is 84.9 Å². The maximum absolute atomic E-state index is 6.73. The van der Waals surface area contributed by atoms with Crippen molar-refractivity contribution in [1.29, 1.82) is 0 Å². The molecular weight excluding hydrogens is 821 g/mol. The van der Waals surface area contributed by atoms with E-state index in [1.165, 1.54) is 40.3 Å². The minimum atomic E-state index is 0.848. The number of anilines is 6. The van der Waals surface area contributed by atoms with Crippen molar-refractivity contribution in [3.63, 3.8) is 0 Å². The topological polar surface area (TPSA) is 32.8 Å². The molecule has 0 aliphatic rings. The Bertz CT molecular complexity index is 3890. The summed E-state index contributed by atoms with van der Waals surface area (Å²) in [5, 5.41) is 11.8. The summed E-state index contributed by atoms with van der Waals surface area (Å²) in [5.74, 6) is 0. The minimum Gasteiger partial charge on any atom is -0.456 e. The maximum Gasteiger partial charge on any atom is 0.137 e. The average molecular weight is 855 g/mol. The van der Waals surface area contributed by atoms with Crippen LogP contribution in [0, 0.1) is 0 Å². The molecule has 14 rings (SSSR count). The number of fused-ring (bicyclic) bond motifs is 15. The second-order valence-electron chi connectivity index (χ2n) is 16.4. The van der Waals surface area contributed by atoms with Crippen molar-refractivity contribution in [3.8, 4) is 0 Å². The number of furan rings is 2. The Labute approximate surface area is 374 Å². The van der Waals surface area contributed by atoms with Crippen molar-refractivity contribution in [2.24, 2.45) is 0 Å². The molecule has 0 fully saturated rings. The molecule has 4 heterocycles. The fraction of sp³-hybridized carbons (Fsp3) is 0. The van der Waals surface area contributed by atoms with E-state index in [0.717, 1.165) is 88.8 Å². The molecule has 300 valence electrons. The van der Waals surface area contributed by atoms with Gasteiger partial charge in [0.1, 0.15) is 22.3 Å². The first kappa shape index (κ1) is 35.7. The number of para-hydroxylation sites is 2. The number of rotatable bonds is 6. The quantitative estimate of drug-likeness (QED) is 0.167. The molecule has 64 heavy (non-hydrogen) atoms. The maximum atomic E-state index is 6.73. The zero-order valence-electron chi connectivity index (χ0n) is 34.2. The van der Waals surface area contributed by atoms with Crippen LogP contribution in [0.2, 0.25) is 0 Å². The van der Waals surface area contributed by atoms with Gasteiger partial charge in [0, 0.05) is 108 Å². The van der Waals surface area contributed by atoms with E-state index in [-0.39, 0.29) is 0 Å². The Kier molecular flexibility index (Phi) is 7.69. The zero-order valence-corrected chi connectivity index (χ0v) is 35.8. The molecule has 0 radical (unpaired) electrons. The molecule has 10 aromatic carbocycles. The van der Waals surface area contributed by atoms with Crippen molar-refractivity contribution in [2.75, 3.05) is 9.80 Å². The predicted octanol–water partition coefficient (Wildman–Crippen LogP) is 18.3. The highest BCUT2D eigenvalue weighted by atomic mass is 32.1. The Morgan fingerprint density at radius 1 is 0.250 bits per heavy atom. The van der Waals surface area contributed by atoms with Crippen molar-refractivity contribution >= 4 is 152 Å². The van der Waals surface area contributed by atoms with E-state index in [0.29, 0.717) is 0 Å². The third kappa shape index (κ3) is 5.40. The van der Waals surface area contributed by atoms with Crippen LogP contribution in [0.25, 0.3) is 95.0 Å². The lowest BCUT2D eigenvalue weighted by molar-refractivity contribution is 0.668. The fourth-order valence-electron chi connectivity index (χ4n) is 9.97. The van der Waals surface area contributed by atoms with Gasteiger partial charge in [0.15, 0.2) is 0 Å². The summed E-state index contributed by atoms with van der Waals surface area (Å²) < 4.78 is 18.6. The van der Waals surface area contributed by atoms with Gasteiger partial charge in [-0.25, -0.2) is 0 Å². The number of nitrogens with zero attached hydrogens (tertiary/aromatic N) is 2. The highest BCUT2D eigenvalue weighted by Crippen LogP contribution is 2.46. The van der Waals surface area contributed by atoms with Crippen LogP contribution in [0.5, 0.6) is 0 Å². The molecule has 0 aliphatic carbocycles. The van der Waals surface area contributed by atoms with Crippen LogP contribution in [0.15, 0.2) is 215 Å². The van der Waals surface area contributed by atoms with E-state index in [1.54, 1.807) is 0 Å². The summed E-state index contributed by atoms with van der Waals surface area (Å²) in [7, 11) is 0. The Balaban J connectivity index is 0.890. The molecule has 0 saturated heterocycles. The van der Waals surface area contributed by atoms with Crippen LogP contribution in [-0.4, -0.2) is 0 Å². The Morgan fingerprint density at radius 2 is 0.609 bits per heavy atom. The van der Waals surface area contributed by atoms with Gasteiger partial charge in [0.25, 0.3) is 0 Å². The van der Waals surface area contributed by atoms with Gasteiger partial charge in [-0.3, -0.25) is 0 Å². The summed E-state index contributed by atoms with van der Waals surface area (Å²) in [6, 6.07) is 74.0. The van der Waals surface area contributed by atoms with Crippen molar-refractivity contribution < 1.29 is 8.83 Å². The lowest BCUT2D eigenvalue weighted by Crippen LogP contribution is -2.09. The largest absolute Gasteiger partial charge is 0.456 e. The van der Waals surface area contributed by atoms with Gasteiger partial charge >= 0.3 is 0 Å². The molecule has 0 spiro atoms. The van der Waals surface area contributed by atoms with Crippen LogP contribution in [-0.2, 0) is 0 Å². The third-order valence-corrected chi connectivity index (χ3v) is 15.1. The van der Waals surface area contributed by atoms with Crippen LogP contribution >= 0.6 is 22.7 Å². The minimum absolute atomic E-state index is 0.848. The van der Waals surface area contributed by atoms with E-state index in [9.17, 15) is 0 Å². The van der Waals surface area contributed by atoms with Crippen LogP contribution in [0.4, 0.5) is 34.1 Å². The molecule has 6 heteroatoms. The molecular formula is C58H34N2O2S2. The first-order valence-corrected chi connectivity index (χ1v) is 23.1. The zero-order chi connectivity index (χ0) is 41.9. The second-order valence-corrected chi connectivity index (χ2v) is 18.6. The standard InChI is InChI=1S/C58H34N2O2S2/c1-3-11-35(12-4-1)59(39-19-23-43-41-15-7-9-17-53(41)63-55(43)33-39)37-21-25-47-51(31-37)61-49-29-27-46-45(57(47)49)28-30-50-58(46)48-26-22-38(32-52(48)62-50)60(36-13-5-2-6-14-36)40-20-24-44-42-16-8-10-18-54(42)64-56(44)34-40/h1-34H. The van der Waals surface area contributed by atoms with Gasteiger partial charge in [-0.05, 0) is 120 Å². The van der Waals surface area contributed by atoms with Gasteiger partial charge in [-0.2, -0.15) is 0 Å². The summed E-state index contributed by atoms with van der Waals surface area (Å²) in [4.78, 5) is 4.65. The lowest BCUT2D eigenvalue weighted by Gasteiger charge is -2.25. The van der Waals surface area contributed by atoms with Gasteiger partial charge in [0.05, 0.1) is 0 Å². The SMILES string of the molecule is c1ccc(N(c2ccc3c(c2)oc2ccc4c(ccc5oc6cc(N(c7ccccc7)c7ccc8c(c7)sc7ccccc78)ccc6c54)c23)c2ccc3c(c2)sc2ccccc23)cc1. The predicted molar refractivity (Wildman–Crippen MR) is 274 cm³/mol. The van der Waals surface area contributed by atoms with Crippen molar-refractivity contribution in [2.45, 2.75) is 0 Å². The van der Waals surface area contributed by atoms with Gasteiger partial charge < -0.3 is 18.6 Å². The van der Waals surface area contributed by atoms with Crippen molar-refractivity contribution in [3.05, 3.63) is 206 Å². The molecule has 0 atom stereocenters. The molecule has 0 unspecified atom stereocenters. The van der Waals surface area contributed by atoms with Gasteiger partial charge in [-0.15, -0.1) is 22.7 Å². The van der Waals surface area contributed by atoms with E-state index < -0.39 is 0 Å². The monoisotopic (exact) mass is 854 g/mol. The highest BCUT2D eigenvalue weighted by Gasteiger charge is 2.21. The molecule has 4 nitrogen and oxygen atoms in total. The fourth-order valence-corrected chi connectivity index (χ4v) is 12.2. The average Bonchev–Trinajstić information content (AvgIpc) is 4.11. The number of hydrogen-bond donors (Lipinski definition) is 0. The number of benzene rings is 10. The smallest absolute Gasteiger partial charge is 0.137 e. The van der Waals surface area contributed by atoms with E-state index in [1.807, 2.05) is 22.7 Å². The molecule has 14 aromatic rings. The Morgan fingerprint density at radius 3 is 1.06 bits per heavy atom. The molecule has 0 aliphatic heterocycles. The van der Waals surface area contributed by atoms with Crippen LogP contribution in [0.1, 0.15) is 0 Å². The number of thiophene rings is 2. The third-order valence-electron chi connectivity index (χ3n) is 12.8. The number of hydrogen-bond acceptors (Lipinski definition) is 6. The molecule has 0 saturated carbocycles.